The maximum absolute atomic E-state index is 13.8. The van der Waals surface area contributed by atoms with Gasteiger partial charge in [-0.2, -0.15) is 10.0 Å². The Morgan fingerprint density at radius 2 is 1.51 bits per heavy atom. The molecule has 1 saturated heterocycles. The van der Waals surface area contributed by atoms with Crippen LogP contribution in [-0.2, 0) is 16.1 Å². The summed E-state index contributed by atoms with van der Waals surface area (Å²) in [5.74, 6) is -1.40. The quantitative estimate of drug-likeness (QED) is 0.354. The molecule has 37 heavy (non-hydrogen) atoms. The normalized spacial score (nSPS) is 19.9. The molecule has 0 aromatic heterocycles. The van der Waals surface area contributed by atoms with Crippen LogP contribution in [0.25, 0.3) is 10.8 Å². The summed E-state index contributed by atoms with van der Waals surface area (Å²) in [5.41, 5.74) is 2.43. The van der Waals surface area contributed by atoms with Crippen LogP contribution in [-0.4, -0.2) is 33.2 Å². The average molecular weight is 495 g/mol. The number of cyclic esters (lactones) is 1. The fraction of sp³-hybridized carbons (Fsp3) is 0.226. The van der Waals surface area contributed by atoms with Crippen LogP contribution < -0.4 is 0 Å². The first-order chi connectivity index (χ1) is 17.9. The second-order valence-corrected chi connectivity index (χ2v) is 9.53. The van der Waals surface area contributed by atoms with Crippen LogP contribution in [0.15, 0.2) is 103 Å². The lowest BCUT2D eigenvalue weighted by Crippen LogP contribution is -2.61. The zero-order chi connectivity index (χ0) is 25.9. The standard InChI is InChI=1S/C31H30N2O4/c1-21(28(34)27-18-17-24-13-9-10-16-26(24)19-27)30(35)33-31(36)37-29(25-14-7-4-8-15-25)22(2)32(33)20-23-11-5-3-6-12-23/h3-19,21-22,28-29,34H,20H2,1-2H3/t21-,22-,28-,29-/m0/s1. The van der Waals surface area contributed by atoms with E-state index in [1.807, 2.05) is 110 Å². The Hall–Kier alpha value is -4.00. The second kappa shape index (κ2) is 10.5. The molecule has 1 aliphatic heterocycles. The molecule has 6 heteroatoms. The van der Waals surface area contributed by atoms with Gasteiger partial charge in [-0.15, -0.1) is 0 Å². The van der Waals surface area contributed by atoms with Crippen molar-refractivity contribution in [2.75, 3.05) is 0 Å². The van der Waals surface area contributed by atoms with Gasteiger partial charge in [0.25, 0.3) is 5.91 Å². The lowest BCUT2D eigenvalue weighted by molar-refractivity contribution is -0.177. The van der Waals surface area contributed by atoms with Gasteiger partial charge < -0.3 is 9.84 Å². The van der Waals surface area contributed by atoms with Gasteiger partial charge in [0.15, 0.2) is 0 Å². The predicted molar refractivity (Wildman–Crippen MR) is 142 cm³/mol. The van der Waals surface area contributed by atoms with Gasteiger partial charge in [0, 0.05) is 6.54 Å². The van der Waals surface area contributed by atoms with Crippen molar-refractivity contribution in [3.8, 4) is 0 Å². The Balaban J connectivity index is 1.45. The monoisotopic (exact) mass is 494 g/mol. The summed E-state index contributed by atoms with van der Waals surface area (Å²) >= 11 is 0. The number of ether oxygens (including phenoxy) is 1. The number of fused-ring (bicyclic) bond motifs is 1. The molecule has 4 aromatic rings. The van der Waals surface area contributed by atoms with E-state index in [9.17, 15) is 14.7 Å². The van der Waals surface area contributed by atoms with Crippen LogP contribution >= 0.6 is 0 Å². The maximum Gasteiger partial charge on any atom is 0.432 e. The van der Waals surface area contributed by atoms with E-state index in [0.29, 0.717) is 12.1 Å². The Bertz CT molecular complexity index is 1390. The number of aliphatic hydroxyl groups excluding tert-OH is 1. The van der Waals surface area contributed by atoms with Crippen molar-refractivity contribution in [2.45, 2.75) is 38.6 Å². The fourth-order valence-corrected chi connectivity index (χ4v) is 4.90. The third-order valence-corrected chi connectivity index (χ3v) is 7.07. The maximum atomic E-state index is 13.8. The zero-order valence-electron chi connectivity index (χ0n) is 20.9. The molecular weight excluding hydrogens is 464 g/mol. The molecule has 1 fully saturated rings. The number of carbonyl (C=O) groups excluding carboxylic acids is 2. The molecule has 0 radical (unpaired) electrons. The third-order valence-electron chi connectivity index (χ3n) is 7.07. The molecule has 1 heterocycles. The van der Waals surface area contributed by atoms with Crippen LogP contribution in [0.1, 0.15) is 42.7 Å². The van der Waals surface area contributed by atoms with Gasteiger partial charge in [-0.1, -0.05) is 104 Å². The van der Waals surface area contributed by atoms with E-state index < -0.39 is 30.1 Å². The molecule has 6 nitrogen and oxygen atoms in total. The van der Waals surface area contributed by atoms with Gasteiger partial charge in [-0.25, -0.2) is 4.79 Å². The fourth-order valence-electron chi connectivity index (χ4n) is 4.90. The van der Waals surface area contributed by atoms with Gasteiger partial charge in [0.2, 0.25) is 0 Å². The Morgan fingerprint density at radius 3 is 2.22 bits per heavy atom. The summed E-state index contributed by atoms with van der Waals surface area (Å²) in [6.45, 7) is 3.92. The largest absolute Gasteiger partial charge is 0.438 e. The molecule has 0 aliphatic carbocycles. The number of rotatable bonds is 6. The Labute approximate surface area is 216 Å². The number of benzene rings is 4. The molecule has 188 valence electrons. The minimum Gasteiger partial charge on any atom is -0.438 e. The first-order valence-corrected chi connectivity index (χ1v) is 12.5. The smallest absolute Gasteiger partial charge is 0.432 e. The van der Waals surface area contributed by atoms with E-state index in [0.717, 1.165) is 26.9 Å². The van der Waals surface area contributed by atoms with Gasteiger partial charge >= 0.3 is 6.09 Å². The van der Waals surface area contributed by atoms with Crippen molar-refractivity contribution in [1.82, 2.24) is 10.0 Å². The van der Waals surface area contributed by atoms with Gasteiger partial charge in [0.1, 0.15) is 6.10 Å². The third kappa shape index (κ3) is 4.99. The molecule has 2 amide bonds. The number of hydrogen-bond acceptors (Lipinski definition) is 5. The van der Waals surface area contributed by atoms with Gasteiger partial charge in [-0.3, -0.25) is 4.79 Å². The minimum atomic E-state index is -1.09. The van der Waals surface area contributed by atoms with Crippen molar-refractivity contribution < 1.29 is 19.4 Å². The van der Waals surface area contributed by atoms with Crippen molar-refractivity contribution >= 4 is 22.8 Å². The molecule has 0 saturated carbocycles. The van der Waals surface area contributed by atoms with Crippen molar-refractivity contribution in [3.63, 3.8) is 0 Å². The SMILES string of the molecule is C[C@H](C(=O)N1C(=O)O[C@H](c2ccccc2)[C@H](C)N1Cc1ccccc1)[C@H](O)c1ccc2ccccc2c1. The number of imide groups is 1. The molecular formula is C31H30N2O4. The molecule has 1 aliphatic rings. The van der Waals surface area contributed by atoms with Crippen molar-refractivity contribution in [3.05, 3.63) is 120 Å². The van der Waals surface area contributed by atoms with E-state index in [-0.39, 0.29) is 6.04 Å². The molecule has 4 aromatic carbocycles. The molecule has 0 spiro atoms. The highest BCUT2D eigenvalue weighted by molar-refractivity contribution is 5.93. The summed E-state index contributed by atoms with van der Waals surface area (Å²) in [7, 11) is 0. The minimum absolute atomic E-state index is 0.325. The lowest BCUT2D eigenvalue weighted by atomic mass is 9.94. The van der Waals surface area contributed by atoms with Gasteiger partial charge in [0.05, 0.1) is 18.1 Å². The molecule has 4 atom stereocenters. The molecule has 0 bridgehead atoms. The number of amides is 2. The summed E-state index contributed by atoms with van der Waals surface area (Å²) in [6, 6.07) is 32.4. The van der Waals surface area contributed by atoms with Crippen LogP contribution in [0.5, 0.6) is 0 Å². The number of hydrogen-bond donors (Lipinski definition) is 1. The zero-order valence-corrected chi connectivity index (χ0v) is 20.9. The van der Waals surface area contributed by atoms with E-state index in [1.165, 1.54) is 0 Å². The van der Waals surface area contributed by atoms with Gasteiger partial charge in [-0.05, 0) is 40.5 Å². The van der Waals surface area contributed by atoms with Crippen molar-refractivity contribution in [2.24, 2.45) is 5.92 Å². The Morgan fingerprint density at radius 1 is 0.892 bits per heavy atom. The Kier molecular flexibility index (Phi) is 7.04. The van der Waals surface area contributed by atoms with Crippen LogP contribution in [0.2, 0.25) is 0 Å². The predicted octanol–water partition coefficient (Wildman–Crippen LogP) is 6.04. The summed E-state index contributed by atoms with van der Waals surface area (Å²) in [4.78, 5) is 27.2. The van der Waals surface area contributed by atoms with E-state index in [1.54, 1.807) is 11.9 Å². The summed E-state index contributed by atoms with van der Waals surface area (Å²) < 4.78 is 5.82. The highest BCUT2D eigenvalue weighted by Gasteiger charge is 2.45. The first-order valence-electron chi connectivity index (χ1n) is 12.5. The lowest BCUT2D eigenvalue weighted by Gasteiger charge is -2.45. The van der Waals surface area contributed by atoms with Crippen LogP contribution in [0.3, 0.4) is 0 Å². The van der Waals surface area contributed by atoms with E-state index >= 15 is 0 Å². The first kappa shape index (κ1) is 24.7. The van der Waals surface area contributed by atoms with E-state index in [2.05, 4.69) is 0 Å². The van der Waals surface area contributed by atoms with Crippen molar-refractivity contribution in [1.29, 1.82) is 0 Å². The molecule has 5 rings (SSSR count). The number of nitrogens with zero attached hydrogens (tertiary/aromatic N) is 2. The average Bonchev–Trinajstić information content (AvgIpc) is 2.94. The van der Waals surface area contributed by atoms with Crippen LogP contribution in [0.4, 0.5) is 4.79 Å². The number of carbonyl (C=O) groups is 2. The summed E-state index contributed by atoms with van der Waals surface area (Å²) in [6.07, 6.45) is -2.38. The topological polar surface area (TPSA) is 70.1 Å². The highest BCUT2D eigenvalue weighted by atomic mass is 16.6. The molecule has 0 unspecified atom stereocenters. The van der Waals surface area contributed by atoms with Crippen LogP contribution in [0, 0.1) is 5.92 Å². The number of aliphatic hydroxyl groups is 1. The second-order valence-electron chi connectivity index (χ2n) is 9.53. The van der Waals surface area contributed by atoms with E-state index in [4.69, 9.17) is 4.74 Å². The number of hydrazine groups is 1. The summed E-state index contributed by atoms with van der Waals surface area (Å²) in [5, 5.41) is 16.0. The molecule has 1 N–H and O–H groups in total. The highest BCUT2D eigenvalue weighted by Crippen LogP contribution is 2.35.